The molecule has 1 aromatic heterocycles. The third-order valence-corrected chi connectivity index (χ3v) is 5.36. The third kappa shape index (κ3) is 3.79. The number of furan rings is 1. The largest absolute Gasteiger partial charge is 0.457 e. The van der Waals surface area contributed by atoms with Crippen LogP contribution in [-0.4, -0.2) is 16.9 Å². The molecule has 5 nitrogen and oxygen atoms in total. The summed E-state index contributed by atoms with van der Waals surface area (Å²) in [5.74, 6) is -0.0318. The highest BCUT2D eigenvalue weighted by Gasteiger charge is 2.34. The second-order valence-corrected chi connectivity index (χ2v) is 7.72. The number of nitrogens with one attached hydrogen (secondary N) is 1. The van der Waals surface area contributed by atoms with Crippen LogP contribution in [0.5, 0.6) is 0 Å². The average molecular weight is 467 g/mol. The molecule has 0 saturated carbocycles. The average Bonchev–Trinajstić information content (AvgIpc) is 3.14. The van der Waals surface area contributed by atoms with Crippen LogP contribution in [0.15, 0.2) is 75.1 Å². The fourth-order valence-electron chi connectivity index (χ4n) is 3.01. The number of carbonyl (C=O) groups is 2. The van der Waals surface area contributed by atoms with Gasteiger partial charge < -0.3 is 4.42 Å². The molecule has 1 N–H and O–H groups in total. The van der Waals surface area contributed by atoms with Crippen molar-refractivity contribution in [1.29, 1.82) is 0 Å². The van der Waals surface area contributed by atoms with Crippen molar-refractivity contribution >= 4 is 56.8 Å². The molecule has 1 aliphatic rings. The van der Waals surface area contributed by atoms with E-state index < -0.39 is 11.8 Å². The first kappa shape index (κ1) is 19.3. The number of halogens is 1. The lowest BCUT2D eigenvalue weighted by Gasteiger charge is -2.28. The summed E-state index contributed by atoms with van der Waals surface area (Å²) < 4.78 is 6.77. The van der Waals surface area contributed by atoms with Crippen molar-refractivity contribution in [3.8, 4) is 11.3 Å². The Balaban J connectivity index is 1.68. The molecule has 2 heterocycles. The lowest BCUT2D eigenvalue weighted by atomic mass is 10.1. The van der Waals surface area contributed by atoms with Gasteiger partial charge >= 0.3 is 0 Å². The summed E-state index contributed by atoms with van der Waals surface area (Å²) >= 11 is 8.73. The molecule has 1 aliphatic heterocycles. The van der Waals surface area contributed by atoms with Crippen molar-refractivity contribution in [3.63, 3.8) is 0 Å². The molecule has 7 heteroatoms. The Morgan fingerprint density at radius 1 is 1.07 bits per heavy atom. The fourth-order valence-corrected chi connectivity index (χ4v) is 3.98. The molecule has 0 bridgehead atoms. The number of hydrogen-bond donors (Lipinski definition) is 1. The minimum atomic E-state index is -0.554. The van der Waals surface area contributed by atoms with E-state index in [2.05, 4.69) is 21.2 Å². The van der Waals surface area contributed by atoms with Crippen molar-refractivity contribution < 1.29 is 14.0 Å². The number of para-hydroxylation sites is 1. The molecule has 1 fully saturated rings. The van der Waals surface area contributed by atoms with Gasteiger partial charge in [-0.15, -0.1) is 0 Å². The minimum Gasteiger partial charge on any atom is -0.457 e. The molecule has 29 heavy (non-hydrogen) atoms. The second-order valence-electron chi connectivity index (χ2n) is 6.48. The van der Waals surface area contributed by atoms with E-state index in [0.717, 1.165) is 15.6 Å². The molecule has 0 aliphatic carbocycles. The van der Waals surface area contributed by atoms with Gasteiger partial charge in [0.25, 0.3) is 11.8 Å². The number of amides is 2. The van der Waals surface area contributed by atoms with Gasteiger partial charge in [-0.25, -0.2) is 0 Å². The van der Waals surface area contributed by atoms with Gasteiger partial charge in [0.15, 0.2) is 5.11 Å². The summed E-state index contributed by atoms with van der Waals surface area (Å²) in [4.78, 5) is 26.7. The number of thiocarbonyl (C=S) groups is 1. The Morgan fingerprint density at radius 3 is 2.55 bits per heavy atom. The van der Waals surface area contributed by atoms with Crippen LogP contribution in [0.1, 0.15) is 11.3 Å². The predicted molar refractivity (Wildman–Crippen MR) is 119 cm³/mol. The Labute approximate surface area is 181 Å². The second kappa shape index (κ2) is 7.77. The Morgan fingerprint density at radius 2 is 1.83 bits per heavy atom. The topological polar surface area (TPSA) is 62.6 Å². The van der Waals surface area contributed by atoms with E-state index >= 15 is 0 Å². The van der Waals surface area contributed by atoms with Gasteiger partial charge in [0, 0.05) is 10.0 Å². The molecule has 3 aromatic rings. The predicted octanol–water partition coefficient (Wildman–Crippen LogP) is 4.85. The highest BCUT2D eigenvalue weighted by Crippen LogP contribution is 2.31. The Bertz CT molecular complexity index is 1170. The van der Waals surface area contributed by atoms with Gasteiger partial charge in [0.05, 0.1) is 5.69 Å². The van der Waals surface area contributed by atoms with Crippen molar-refractivity contribution in [2.75, 3.05) is 4.90 Å². The van der Waals surface area contributed by atoms with Crippen LogP contribution in [0.2, 0.25) is 0 Å². The number of hydrogen-bond acceptors (Lipinski definition) is 4. The summed E-state index contributed by atoms with van der Waals surface area (Å²) in [6.45, 7) is 2.00. The Hall–Kier alpha value is -3.03. The number of benzene rings is 2. The molecule has 0 atom stereocenters. The molecule has 0 radical (unpaired) electrons. The van der Waals surface area contributed by atoms with Crippen LogP contribution in [-0.2, 0) is 9.59 Å². The molecular weight excluding hydrogens is 452 g/mol. The molecule has 0 spiro atoms. The lowest BCUT2D eigenvalue weighted by Crippen LogP contribution is -2.54. The molecular formula is C22H15BrN2O3S. The smallest absolute Gasteiger partial charge is 0.270 e. The van der Waals surface area contributed by atoms with Crippen molar-refractivity contribution in [1.82, 2.24) is 5.32 Å². The standard InChI is InChI=1S/C22H15BrN2O3S/c1-13-7-9-16(18(23)11-13)19-10-8-15(28-19)12-17-20(26)24-22(29)25(21(17)27)14-5-3-2-4-6-14/h2-12H,1H3,(H,24,26,29)/b17-12+. The maximum absolute atomic E-state index is 13.0. The van der Waals surface area contributed by atoms with E-state index in [4.69, 9.17) is 16.6 Å². The lowest BCUT2D eigenvalue weighted by molar-refractivity contribution is -0.122. The van der Waals surface area contributed by atoms with Crippen LogP contribution in [0, 0.1) is 6.92 Å². The summed E-state index contributed by atoms with van der Waals surface area (Å²) in [5, 5.41) is 2.61. The number of anilines is 1. The maximum Gasteiger partial charge on any atom is 0.270 e. The van der Waals surface area contributed by atoms with E-state index in [1.54, 1.807) is 36.4 Å². The Kier molecular flexibility index (Phi) is 5.17. The van der Waals surface area contributed by atoms with E-state index in [-0.39, 0.29) is 10.7 Å². The number of rotatable bonds is 3. The molecule has 0 unspecified atom stereocenters. The third-order valence-electron chi connectivity index (χ3n) is 4.42. The number of aryl methyl sites for hydroxylation is 1. The van der Waals surface area contributed by atoms with Gasteiger partial charge in [0.1, 0.15) is 17.1 Å². The first-order valence-corrected chi connectivity index (χ1v) is 9.97. The zero-order valence-corrected chi connectivity index (χ0v) is 17.7. The molecule has 1 saturated heterocycles. The zero-order valence-electron chi connectivity index (χ0n) is 15.3. The van der Waals surface area contributed by atoms with Crippen LogP contribution in [0.4, 0.5) is 5.69 Å². The van der Waals surface area contributed by atoms with Gasteiger partial charge in [-0.3, -0.25) is 19.8 Å². The first-order chi connectivity index (χ1) is 13.9. The SMILES string of the molecule is Cc1ccc(-c2ccc(/C=C3\C(=O)NC(=S)N(c4ccccc4)C3=O)o2)c(Br)c1. The summed E-state index contributed by atoms with van der Waals surface area (Å²) in [5.41, 5.74) is 2.53. The van der Waals surface area contributed by atoms with Gasteiger partial charge in [-0.2, -0.15) is 0 Å². The summed E-state index contributed by atoms with van der Waals surface area (Å²) in [7, 11) is 0. The van der Waals surface area contributed by atoms with Crippen molar-refractivity contribution in [2.24, 2.45) is 0 Å². The van der Waals surface area contributed by atoms with E-state index in [0.29, 0.717) is 17.2 Å². The molecule has 144 valence electrons. The fraction of sp³-hybridized carbons (Fsp3) is 0.0455. The first-order valence-electron chi connectivity index (χ1n) is 8.77. The van der Waals surface area contributed by atoms with Gasteiger partial charge in [-0.05, 0) is 67.2 Å². The van der Waals surface area contributed by atoms with Crippen LogP contribution in [0.25, 0.3) is 17.4 Å². The van der Waals surface area contributed by atoms with Crippen LogP contribution < -0.4 is 10.2 Å². The van der Waals surface area contributed by atoms with Crippen LogP contribution >= 0.6 is 28.1 Å². The highest BCUT2D eigenvalue weighted by molar-refractivity contribution is 9.10. The summed E-state index contributed by atoms with van der Waals surface area (Å²) in [6, 6.07) is 18.4. The van der Waals surface area contributed by atoms with E-state index in [9.17, 15) is 9.59 Å². The zero-order chi connectivity index (χ0) is 20.5. The number of carbonyl (C=O) groups excluding carboxylic acids is 2. The van der Waals surface area contributed by atoms with E-state index in [1.807, 2.05) is 31.2 Å². The molecule has 4 rings (SSSR count). The minimum absolute atomic E-state index is 0.0482. The number of nitrogens with zero attached hydrogens (tertiary/aromatic N) is 1. The normalized spacial score (nSPS) is 15.7. The summed E-state index contributed by atoms with van der Waals surface area (Å²) in [6.07, 6.45) is 1.43. The molecule has 2 aromatic carbocycles. The van der Waals surface area contributed by atoms with Crippen LogP contribution in [0.3, 0.4) is 0 Å². The highest BCUT2D eigenvalue weighted by atomic mass is 79.9. The quantitative estimate of drug-likeness (QED) is 0.340. The molecule has 2 amide bonds. The van der Waals surface area contributed by atoms with Gasteiger partial charge in [0.2, 0.25) is 0 Å². The van der Waals surface area contributed by atoms with Crippen molar-refractivity contribution in [2.45, 2.75) is 6.92 Å². The van der Waals surface area contributed by atoms with Gasteiger partial charge in [-0.1, -0.05) is 40.2 Å². The van der Waals surface area contributed by atoms with Crippen molar-refractivity contribution in [3.05, 3.63) is 82.0 Å². The maximum atomic E-state index is 13.0. The van der Waals surface area contributed by atoms with E-state index in [1.165, 1.54) is 11.0 Å². The monoisotopic (exact) mass is 466 g/mol.